The summed E-state index contributed by atoms with van der Waals surface area (Å²) in [5.74, 6) is 0. The molecule has 0 radical (unpaired) electrons. The monoisotopic (exact) mass is 351 g/mol. The summed E-state index contributed by atoms with van der Waals surface area (Å²) in [6.45, 7) is 4.82. The first-order valence-corrected chi connectivity index (χ1v) is 8.19. The van der Waals surface area contributed by atoms with Crippen molar-refractivity contribution in [2.75, 3.05) is 6.61 Å². The third-order valence-corrected chi connectivity index (χ3v) is 4.05. The summed E-state index contributed by atoms with van der Waals surface area (Å²) in [5.41, 5.74) is 9.60. The topological polar surface area (TPSA) is 60.5 Å². The zero-order valence-corrected chi connectivity index (χ0v) is 14.2. The van der Waals surface area contributed by atoms with Crippen LogP contribution in [-0.2, 0) is 4.74 Å². The molecule has 1 aromatic heterocycles. The van der Waals surface area contributed by atoms with Crippen LogP contribution >= 0.6 is 15.9 Å². The van der Waals surface area contributed by atoms with Crippen LogP contribution in [0.15, 0.2) is 39.1 Å². The van der Waals surface area contributed by atoms with E-state index in [4.69, 9.17) is 15.5 Å². The second kappa shape index (κ2) is 7.71. The minimum Gasteiger partial charge on any atom is -0.402 e. The number of nitrogens with zero attached hydrogens (tertiary/aromatic N) is 2. The number of nitrogens with two attached hydrogens (primary N) is 1. The van der Waals surface area contributed by atoms with Crippen molar-refractivity contribution in [3.63, 3.8) is 0 Å². The molecular weight excluding hydrogens is 330 g/mol. The van der Waals surface area contributed by atoms with Crippen molar-refractivity contribution in [2.45, 2.75) is 45.8 Å². The van der Waals surface area contributed by atoms with Crippen molar-refractivity contribution in [3.8, 4) is 0 Å². The quantitative estimate of drug-likeness (QED) is 0.662. The number of aliphatic imine (C=N–C) groups is 1. The van der Waals surface area contributed by atoms with Crippen LogP contribution in [0.5, 0.6) is 0 Å². The van der Waals surface area contributed by atoms with Gasteiger partial charge in [0, 0.05) is 12.3 Å². The summed E-state index contributed by atoms with van der Waals surface area (Å²) >= 11 is 3.41. The van der Waals surface area contributed by atoms with E-state index in [1.54, 1.807) is 0 Å². The van der Waals surface area contributed by atoms with E-state index in [0.717, 1.165) is 59.6 Å². The minimum atomic E-state index is -0.0888. The van der Waals surface area contributed by atoms with Gasteiger partial charge >= 0.3 is 0 Å². The predicted molar refractivity (Wildman–Crippen MR) is 89.2 cm³/mol. The number of hydrogen-bond acceptors (Lipinski definition) is 4. The number of hydrogen-bond donors (Lipinski definition) is 1. The maximum atomic E-state index is 6.12. The van der Waals surface area contributed by atoms with Crippen LogP contribution in [0.25, 0.3) is 0 Å². The smallest absolute Gasteiger partial charge is 0.149 e. The Labute approximate surface area is 134 Å². The van der Waals surface area contributed by atoms with E-state index in [9.17, 15) is 0 Å². The van der Waals surface area contributed by atoms with Gasteiger partial charge in [-0.3, -0.25) is 4.99 Å². The highest BCUT2D eigenvalue weighted by Crippen LogP contribution is 2.19. The molecule has 1 aromatic rings. The van der Waals surface area contributed by atoms with Gasteiger partial charge in [-0.25, -0.2) is 4.98 Å². The molecule has 2 heterocycles. The van der Waals surface area contributed by atoms with Crippen LogP contribution in [0.4, 0.5) is 0 Å². The van der Waals surface area contributed by atoms with Gasteiger partial charge in [0.15, 0.2) is 0 Å². The molecule has 0 aromatic carbocycles. The maximum absolute atomic E-state index is 6.12. The number of aromatic nitrogens is 1. The molecule has 0 bridgehead atoms. The molecule has 1 unspecified atom stereocenters. The van der Waals surface area contributed by atoms with Gasteiger partial charge in [0.25, 0.3) is 0 Å². The molecule has 0 amide bonds. The fourth-order valence-electron chi connectivity index (χ4n) is 2.28. The van der Waals surface area contributed by atoms with Gasteiger partial charge in [0.2, 0.25) is 0 Å². The zero-order chi connectivity index (χ0) is 15.2. The van der Waals surface area contributed by atoms with Crippen molar-refractivity contribution in [1.29, 1.82) is 0 Å². The minimum absolute atomic E-state index is 0.0888. The summed E-state index contributed by atoms with van der Waals surface area (Å²) in [5, 5.41) is 0. The summed E-state index contributed by atoms with van der Waals surface area (Å²) in [4.78, 5) is 9.31. The average molecular weight is 352 g/mol. The van der Waals surface area contributed by atoms with Crippen LogP contribution in [0.2, 0.25) is 0 Å². The van der Waals surface area contributed by atoms with E-state index in [1.807, 2.05) is 32.0 Å². The number of rotatable bonds is 4. The zero-order valence-electron chi connectivity index (χ0n) is 12.6. The Morgan fingerprint density at radius 1 is 1.48 bits per heavy atom. The lowest BCUT2D eigenvalue weighted by molar-refractivity contribution is 0.0224. The predicted octanol–water partition coefficient (Wildman–Crippen LogP) is 3.80. The highest BCUT2D eigenvalue weighted by Gasteiger charge is 2.17. The van der Waals surface area contributed by atoms with Gasteiger partial charge in [0.05, 0.1) is 11.4 Å². The van der Waals surface area contributed by atoms with Crippen LogP contribution in [0.1, 0.15) is 45.2 Å². The molecule has 1 aliphatic rings. The summed E-state index contributed by atoms with van der Waals surface area (Å²) in [6.07, 6.45) is 3.93. The lowest BCUT2D eigenvalue weighted by atomic mass is 10.0. The van der Waals surface area contributed by atoms with Crippen molar-refractivity contribution in [3.05, 3.63) is 39.8 Å². The van der Waals surface area contributed by atoms with Crippen molar-refractivity contribution in [2.24, 2.45) is 10.7 Å². The van der Waals surface area contributed by atoms with Gasteiger partial charge in [-0.05, 0) is 66.2 Å². The van der Waals surface area contributed by atoms with E-state index in [-0.39, 0.29) is 6.23 Å². The van der Waals surface area contributed by atoms with Crippen LogP contribution in [0, 0.1) is 0 Å². The van der Waals surface area contributed by atoms with E-state index in [1.165, 1.54) is 0 Å². The molecular formula is C16H22BrN3O. The van der Waals surface area contributed by atoms with E-state index in [2.05, 4.69) is 20.9 Å². The molecule has 0 saturated carbocycles. The molecule has 21 heavy (non-hydrogen) atoms. The summed E-state index contributed by atoms with van der Waals surface area (Å²) < 4.78 is 6.53. The Hall–Kier alpha value is -1.20. The lowest BCUT2D eigenvalue weighted by Crippen LogP contribution is -2.21. The lowest BCUT2D eigenvalue weighted by Gasteiger charge is -2.21. The number of pyridine rings is 1. The number of halogens is 1. The van der Waals surface area contributed by atoms with Gasteiger partial charge in [-0.2, -0.15) is 0 Å². The standard InChI is InChI=1S/C16H22BrN3O/c1-3-12(18)11(2)16(13-7-6-8-14(17)19-13)20-15-9-4-5-10-21-15/h6-8,15H,3-5,9-10,18H2,1-2H3. The van der Waals surface area contributed by atoms with Gasteiger partial charge in [-0.15, -0.1) is 0 Å². The highest BCUT2D eigenvalue weighted by atomic mass is 79.9. The Bertz CT molecular complexity index is 548. The van der Waals surface area contributed by atoms with E-state index >= 15 is 0 Å². The second-order valence-electron chi connectivity index (χ2n) is 5.15. The number of ether oxygens (including phenoxy) is 1. The molecule has 5 heteroatoms. The molecule has 2 N–H and O–H groups in total. The van der Waals surface area contributed by atoms with Crippen LogP contribution in [0.3, 0.4) is 0 Å². The molecule has 1 atom stereocenters. The van der Waals surface area contributed by atoms with E-state index < -0.39 is 0 Å². The van der Waals surface area contributed by atoms with Crippen LogP contribution < -0.4 is 5.73 Å². The number of allylic oxidation sites excluding steroid dienone is 2. The average Bonchev–Trinajstić information content (AvgIpc) is 2.52. The molecule has 0 spiro atoms. The highest BCUT2D eigenvalue weighted by molar-refractivity contribution is 9.10. The first-order chi connectivity index (χ1) is 10.1. The van der Waals surface area contributed by atoms with Crippen molar-refractivity contribution < 1.29 is 4.74 Å². The Kier molecular flexibility index (Phi) is 5.94. The molecule has 1 aliphatic heterocycles. The van der Waals surface area contributed by atoms with Gasteiger partial charge in [0.1, 0.15) is 10.8 Å². The third-order valence-electron chi connectivity index (χ3n) is 3.60. The molecule has 2 rings (SSSR count). The molecule has 4 nitrogen and oxygen atoms in total. The largest absolute Gasteiger partial charge is 0.402 e. The first-order valence-electron chi connectivity index (χ1n) is 7.39. The summed E-state index contributed by atoms with van der Waals surface area (Å²) in [7, 11) is 0. The first kappa shape index (κ1) is 16.2. The third kappa shape index (κ3) is 4.38. The Morgan fingerprint density at radius 2 is 2.29 bits per heavy atom. The Morgan fingerprint density at radius 3 is 2.90 bits per heavy atom. The maximum Gasteiger partial charge on any atom is 0.149 e. The molecule has 1 saturated heterocycles. The Balaban J connectivity index is 2.41. The van der Waals surface area contributed by atoms with Gasteiger partial charge < -0.3 is 10.5 Å². The van der Waals surface area contributed by atoms with Crippen molar-refractivity contribution in [1.82, 2.24) is 4.98 Å². The van der Waals surface area contributed by atoms with Gasteiger partial charge in [-0.1, -0.05) is 13.0 Å². The molecule has 0 aliphatic carbocycles. The van der Waals surface area contributed by atoms with E-state index in [0.29, 0.717) is 0 Å². The fraction of sp³-hybridized carbons (Fsp3) is 0.500. The van der Waals surface area contributed by atoms with Crippen LogP contribution in [-0.4, -0.2) is 23.5 Å². The summed E-state index contributed by atoms with van der Waals surface area (Å²) in [6, 6.07) is 5.82. The fourth-order valence-corrected chi connectivity index (χ4v) is 2.63. The normalized spacial score (nSPS) is 21.1. The second-order valence-corrected chi connectivity index (χ2v) is 5.96. The SMILES string of the molecule is CCC(N)=C(C)C(=NC1CCCCO1)c1cccc(Br)n1. The molecule has 1 fully saturated rings. The molecule has 114 valence electrons. The van der Waals surface area contributed by atoms with Crippen molar-refractivity contribution >= 4 is 21.6 Å².